The van der Waals surface area contributed by atoms with Gasteiger partial charge in [-0.3, -0.25) is 4.79 Å². The molecule has 106 valence electrons. The normalized spacial score (nSPS) is 9.90. The summed E-state index contributed by atoms with van der Waals surface area (Å²) in [5.74, 6) is -0.829. The van der Waals surface area contributed by atoms with Crippen molar-refractivity contribution >= 4 is 11.7 Å². The third kappa shape index (κ3) is 4.08. The van der Waals surface area contributed by atoms with E-state index in [2.05, 4.69) is 11.4 Å². The smallest absolute Gasteiger partial charge is 0.307 e. The lowest BCUT2D eigenvalue weighted by atomic mass is 10.1. The monoisotopic (exact) mass is 280 g/mol. The van der Waals surface area contributed by atoms with E-state index in [0.717, 1.165) is 22.4 Å². The molecule has 0 radical (unpaired) electrons. The fourth-order valence-electron chi connectivity index (χ4n) is 2.03. The Morgan fingerprint density at radius 1 is 1.19 bits per heavy atom. The van der Waals surface area contributed by atoms with E-state index in [4.69, 9.17) is 10.4 Å². The lowest BCUT2D eigenvalue weighted by Gasteiger charge is -2.10. The number of carboxylic acid groups (broad SMARTS) is 1. The number of hydrogen-bond acceptors (Lipinski definition) is 3. The van der Waals surface area contributed by atoms with E-state index < -0.39 is 5.97 Å². The van der Waals surface area contributed by atoms with Gasteiger partial charge in [0.25, 0.3) is 0 Å². The molecule has 0 aliphatic carbocycles. The Morgan fingerprint density at radius 3 is 2.48 bits per heavy atom. The van der Waals surface area contributed by atoms with Gasteiger partial charge in [-0.15, -0.1) is 0 Å². The Bertz CT molecular complexity index is 685. The second kappa shape index (κ2) is 6.58. The lowest BCUT2D eigenvalue weighted by Crippen LogP contribution is -2.03. The van der Waals surface area contributed by atoms with E-state index in [9.17, 15) is 4.79 Å². The van der Waals surface area contributed by atoms with Gasteiger partial charge in [0.15, 0.2) is 0 Å². The van der Waals surface area contributed by atoms with Crippen LogP contribution in [0.25, 0.3) is 0 Å². The Hall–Kier alpha value is -2.80. The molecule has 0 aromatic heterocycles. The molecule has 4 nitrogen and oxygen atoms in total. The zero-order valence-electron chi connectivity index (χ0n) is 11.8. The zero-order chi connectivity index (χ0) is 15.2. The van der Waals surface area contributed by atoms with Crippen LogP contribution < -0.4 is 5.32 Å². The first kappa shape index (κ1) is 14.6. The quantitative estimate of drug-likeness (QED) is 0.882. The van der Waals surface area contributed by atoms with Gasteiger partial charge in [0, 0.05) is 12.2 Å². The van der Waals surface area contributed by atoms with Crippen molar-refractivity contribution < 1.29 is 9.90 Å². The van der Waals surface area contributed by atoms with Crippen LogP contribution in [-0.4, -0.2) is 11.1 Å². The summed E-state index contributed by atoms with van der Waals surface area (Å²) in [4.78, 5) is 10.6. The summed E-state index contributed by atoms with van der Waals surface area (Å²) in [7, 11) is 0. The zero-order valence-corrected chi connectivity index (χ0v) is 11.8. The average Bonchev–Trinajstić information content (AvgIpc) is 2.47. The number of hydrogen-bond donors (Lipinski definition) is 2. The molecule has 0 aliphatic heterocycles. The maximum absolute atomic E-state index is 10.6. The van der Waals surface area contributed by atoms with Crippen LogP contribution in [0.2, 0.25) is 0 Å². The summed E-state index contributed by atoms with van der Waals surface area (Å²) in [5.41, 5.74) is 4.49. The SMILES string of the molecule is Cc1ccc(C#N)cc1NCc1ccc(CC(=O)O)cc1. The molecule has 0 aliphatic rings. The van der Waals surface area contributed by atoms with Crippen molar-refractivity contribution in [2.24, 2.45) is 0 Å². The van der Waals surface area contributed by atoms with E-state index in [1.807, 2.05) is 43.3 Å². The van der Waals surface area contributed by atoms with Gasteiger partial charge >= 0.3 is 5.97 Å². The minimum atomic E-state index is -0.829. The molecule has 2 N–H and O–H groups in total. The van der Waals surface area contributed by atoms with Crippen molar-refractivity contribution in [1.29, 1.82) is 5.26 Å². The molecule has 2 aromatic carbocycles. The molecule has 0 spiro atoms. The van der Waals surface area contributed by atoms with Gasteiger partial charge in [-0.25, -0.2) is 0 Å². The van der Waals surface area contributed by atoms with Gasteiger partial charge < -0.3 is 10.4 Å². The van der Waals surface area contributed by atoms with Crippen LogP contribution in [0, 0.1) is 18.3 Å². The summed E-state index contributed by atoms with van der Waals surface area (Å²) in [6.45, 7) is 2.61. The van der Waals surface area contributed by atoms with Crippen molar-refractivity contribution in [2.45, 2.75) is 19.9 Å². The van der Waals surface area contributed by atoms with Crippen molar-refractivity contribution in [2.75, 3.05) is 5.32 Å². The van der Waals surface area contributed by atoms with Crippen molar-refractivity contribution in [3.05, 3.63) is 64.7 Å². The van der Waals surface area contributed by atoms with Crippen LogP contribution in [0.5, 0.6) is 0 Å². The fourth-order valence-corrected chi connectivity index (χ4v) is 2.03. The molecule has 0 amide bonds. The van der Waals surface area contributed by atoms with E-state index in [-0.39, 0.29) is 6.42 Å². The third-order valence-electron chi connectivity index (χ3n) is 3.23. The second-order valence-corrected chi connectivity index (χ2v) is 4.88. The summed E-state index contributed by atoms with van der Waals surface area (Å²) in [5, 5.41) is 20.9. The third-order valence-corrected chi connectivity index (χ3v) is 3.23. The molecular formula is C17H16N2O2. The highest BCUT2D eigenvalue weighted by Crippen LogP contribution is 2.17. The highest BCUT2D eigenvalue weighted by Gasteiger charge is 2.02. The molecule has 0 fully saturated rings. The number of aliphatic carboxylic acids is 1. The maximum atomic E-state index is 10.6. The summed E-state index contributed by atoms with van der Waals surface area (Å²) >= 11 is 0. The van der Waals surface area contributed by atoms with Gasteiger partial charge in [-0.1, -0.05) is 30.3 Å². The number of aryl methyl sites for hydroxylation is 1. The first-order chi connectivity index (χ1) is 10.1. The van der Waals surface area contributed by atoms with Crippen molar-refractivity contribution in [3.63, 3.8) is 0 Å². The average molecular weight is 280 g/mol. The molecule has 0 heterocycles. The molecule has 0 atom stereocenters. The van der Waals surface area contributed by atoms with Crippen molar-refractivity contribution in [1.82, 2.24) is 0 Å². The van der Waals surface area contributed by atoms with Crippen LogP contribution in [-0.2, 0) is 17.8 Å². The molecule has 2 rings (SSSR count). The van der Waals surface area contributed by atoms with E-state index >= 15 is 0 Å². The summed E-state index contributed by atoms with van der Waals surface area (Å²) in [6.07, 6.45) is 0.0387. The molecule has 2 aromatic rings. The molecule has 21 heavy (non-hydrogen) atoms. The number of nitrogens with one attached hydrogen (secondary N) is 1. The molecule has 0 unspecified atom stereocenters. The van der Waals surface area contributed by atoms with Gasteiger partial charge in [-0.05, 0) is 35.7 Å². The van der Waals surface area contributed by atoms with E-state index in [1.54, 1.807) is 6.07 Å². The Kier molecular flexibility index (Phi) is 4.57. The van der Waals surface area contributed by atoms with E-state index in [1.165, 1.54) is 0 Å². The minimum Gasteiger partial charge on any atom is -0.481 e. The standard InChI is InChI=1S/C17H16N2O2/c1-12-2-3-15(10-18)8-16(12)19-11-14-6-4-13(5-7-14)9-17(20)21/h2-8,19H,9,11H2,1H3,(H,20,21). The number of benzene rings is 2. The summed E-state index contributed by atoms with van der Waals surface area (Å²) in [6, 6.07) is 15.1. The largest absolute Gasteiger partial charge is 0.481 e. The Labute approximate surface area is 123 Å². The topological polar surface area (TPSA) is 73.1 Å². The Morgan fingerprint density at radius 2 is 1.86 bits per heavy atom. The predicted molar refractivity (Wildman–Crippen MR) is 81.0 cm³/mol. The molecule has 0 saturated heterocycles. The Balaban J connectivity index is 2.03. The molecular weight excluding hydrogens is 264 g/mol. The van der Waals surface area contributed by atoms with E-state index in [0.29, 0.717) is 12.1 Å². The minimum absolute atomic E-state index is 0.0387. The maximum Gasteiger partial charge on any atom is 0.307 e. The van der Waals surface area contributed by atoms with Crippen LogP contribution in [0.1, 0.15) is 22.3 Å². The van der Waals surface area contributed by atoms with Crippen molar-refractivity contribution in [3.8, 4) is 6.07 Å². The number of carboxylic acids is 1. The number of carbonyl (C=O) groups is 1. The number of rotatable bonds is 5. The van der Waals surface area contributed by atoms with Gasteiger partial charge in [0.2, 0.25) is 0 Å². The van der Waals surface area contributed by atoms with Gasteiger partial charge in [-0.2, -0.15) is 5.26 Å². The number of nitrogens with zero attached hydrogens (tertiary/aromatic N) is 1. The number of nitriles is 1. The van der Waals surface area contributed by atoms with Crippen LogP contribution in [0.15, 0.2) is 42.5 Å². The van der Waals surface area contributed by atoms with Gasteiger partial charge in [0.05, 0.1) is 18.1 Å². The highest BCUT2D eigenvalue weighted by atomic mass is 16.4. The predicted octanol–water partition coefficient (Wildman–Crippen LogP) is 3.11. The van der Waals surface area contributed by atoms with Crippen LogP contribution >= 0.6 is 0 Å². The van der Waals surface area contributed by atoms with Crippen LogP contribution in [0.4, 0.5) is 5.69 Å². The lowest BCUT2D eigenvalue weighted by molar-refractivity contribution is -0.136. The highest BCUT2D eigenvalue weighted by molar-refractivity contribution is 5.70. The fraction of sp³-hybridized carbons (Fsp3) is 0.176. The molecule has 0 saturated carbocycles. The summed E-state index contributed by atoms with van der Waals surface area (Å²) < 4.78 is 0. The first-order valence-corrected chi connectivity index (χ1v) is 6.62. The molecule has 4 heteroatoms. The number of anilines is 1. The van der Waals surface area contributed by atoms with Crippen LogP contribution in [0.3, 0.4) is 0 Å². The second-order valence-electron chi connectivity index (χ2n) is 4.88. The van der Waals surface area contributed by atoms with Gasteiger partial charge in [0.1, 0.15) is 0 Å². The first-order valence-electron chi connectivity index (χ1n) is 6.62. The molecule has 0 bridgehead atoms.